The maximum absolute atomic E-state index is 12.9. The Kier molecular flexibility index (Phi) is 25.5. The molecule has 6 aliphatic heterocycles. The second-order valence-corrected chi connectivity index (χ2v) is 31.4. The highest BCUT2D eigenvalue weighted by Gasteiger charge is 2.72. The number of aromatic amines is 1. The van der Waals surface area contributed by atoms with Crippen molar-refractivity contribution in [2.24, 2.45) is 37.7 Å². The fourth-order valence-corrected chi connectivity index (χ4v) is 19.1. The molecule has 562 valence electrons. The summed E-state index contributed by atoms with van der Waals surface area (Å²) in [7, 11) is 2.19. The molecule has 1 aromatic heterocycles. The van der Waals surface area contributed by atoms with Gasteiger partial charge in [0, 0.05) is 53.6 Å². The van der Waals surface area contributed by atoms with Crippen molar-refractivity contribution in [1.29, 1.82) is 0 Å². The highest BCUT2D eigenvalue weighted by atomic mass is 35.5. The van der Waals surface area contributed by atoms with Crippen LogP contribution in [0, 0.1) is 11.8 Å². The number of ketones is 1. The van der Waals surface area contributed by atoms with Gasteiger partial charge in [0.25, 0.3) is 0 Å². The number of aromatic hydroxyl groups is 3. The van der Waals surface area contributed by atoms with Gasteiger partial charge in [0.05, 0.1) is 42.1 Å². The summed E-state index contributed by atoms with van der Waals surface area (Å²) < 4.78 is 12.5. The average Bonchev–Trinajstić information content (AvgIpc) is 1.58. The molecule has 6 N–H and O–H groups in total. The standard InChI is InChI=1S/C22H28N2O3.C22H23NO3.2C19H27NO.C3H3N5.2ClH/c1-3-4-5-11-23-22-9-8-16(26)20-21(22)10-12-24(2)17(22)13-14-6-7-15(25)19(27-20)18(14)21;1-2-22(13-19(24)25)21-20(17-10-6-7-11-18(17)23-21)16(14-26-22)12-15-8-4-3-5-9-15;2*1-13(2)7-9-20-10-8-19(4)14(3)18(20)11-15-5-6-16(21)12-17(15)19;1-2-4-6-8-7-5-3-1;;/h6-9,17,20,23,25H,3-5,10-13H2,1-2H3;3-11,16,23H,2,12-14H2,1H3,(H,24,25);2*5-7,12,14,18,21H,8-11H2,1-4H3;1-3H;2*1H/t17-,20+,21+,22-;16-,22-;2*14-,18+,19+;;;/m1000.../s1. The number of rotatable bonds is 14. The molecule has 3 saturated heterocycles. The number of hydrogen-bond donors (Lipinski definition) is 6. The summed E-state index contributed by atoms with van der Waals surface area (Å²) in [5.74, 6) is 2.17. The number of hydrogen-bond acceptors (Lipinski definition) is 16. The lowest BCUT2D eigenvalue weighted by molar-refractivity contribution is -0.149. The average molecular weight is 1470 g/mol. The number of likely N-dealkylation sites (tertiary alicyclic amines) is 3. The monoisotopic (exact) mass is 1470 g/mol. The maximum atomic E-state index is 12.9. The lowest BCUT2D eigenvalue weighted by Crippen LogP contribution is -2.79. The summed E-state index contributed by atoms with van der Waals surface area (Å²) in [6.07, 6.45) is 23.9. The predicted molar refractivity (Wildman–Crippen MR) is 422 cm³/mol. The number of aromatic nitrogens is 1. The molecule has 6 aromatic rings. The van der Waals surface area contributed by atoms with Crippen LogP contribution >= 0.6 is 24.8 Å². The molecule has 20 heteroatoms. The molecule has 12 atom stereocenters. The van der Waals surface area contributed by atoms with E-state index in [2.05, 4.69) is 187 Å². The quantitative estimate of drug-likeness (QED) is 0.0442. The fraction of sp³-hybridized carbons (Fsp3) is 0.494. The normalized spacial score (nSPS) is 28.6. The topological polar surface area (TPSA) is 233 Å². The van der Waals surface area contributed by atoms with Gasteiger partial charge in [-0.15, -0.1) is 35.0 Å². The third-order valence-electron chi connectivity index (χ3n) is 25.1. The zero-order valence-electron chi connectivity index (χ0n) is 63.1. The van der Waals surface area contributed by atoms with Gasteiger partial charge in [-0.1, -0.05) is 150 Å². The Balaban J connectivity index is 0.000000145. The second-order valence-electron chi connectivity index (χ2n) is 31.4. The fourth-order valence-electron chi connectivity index (χ4n) is 19.1. The third-order valence-corrected chi connectivity index (χ3v) is 25.1. The van der Waals surface area contributed by atoms with Crippen LogP contribution < -0.4 is 10.1 Å². The van der Waals surface area contributed by atoms with Gasteiger partial charge >= 0.3 is 5.97 Å². The Morgan fingerprint density at radius 1 is 0.743 bits per heavy atom. The molecule has 7 heterocycles. The molecule has 18 nitrogen and oxygen atoms in total. The van der Waals surface area contributed by atoms with Gasteiger partial charge in [0.1, 0.15) is 17.1 Å². The predicted octanol–water partition coefficient (Wildman–Crippen LogP) is 16.8. The number of halogens is 2. The number of aliphatic carboxylic acids is 1. The van der Waals surface area contributed by atoms with Crippen LogP contribution in [-0.4, -0.2) is 141 Å². The minimum atomic E-state index is -0.835. The molecular weight excluding hydrogens is 1360 g/mol. The molecule has 3 fully saturated rings. The van der Waals surface area contributed by atoms with E-state index in [9.17, 15) is 30.0 Å². The first-order valence-electron chi connectivity index (χ1n) is 37.6. The summed E-state index contributed by atoms with van der Waals surface area (Å²) in [5.41, 5.74) is 14.1. The Morgan fingerprint density at radius 2 is 1.36 bits per heavy atom. The lowest BCUT2D eigenvalue weighted by atomic mass is 9.49. The van der Waals surface area contributed by atoms with Gasteiger partial charge in [0.15, 0.2) is 23.4 Å². The Hall–Kier alpha value is -7.81. The number of unbranched alkanes of at least 4 members (excludes halogenated alkanes) is 2. The minimum absolute atomic E-state index is 0. The first-order chi connectivity index (χ1) is 49.5. The summed E-state index contributed by atoms with van der Waals surface area (Å²) in [4.78, 5) is 35.7. The molecule has 0 amide bonds. The number of likely N-dealkylation sites (N-methyl/N-ethyl adjacent to an activating group) is 1. The molecule has 6 bridgehead atoms. The number of benzene rings is 5. The van der Waals surface area contributed by atoms with E-state index in [4.69, 9.17) is 9.47 Å². The first kappa shape index (κ1) is 79.7. The Labute approximate surface area is 633 Å². The van der Waals surface area contributed by atoms with E-state index in [0.717, 1.165) is 94.6 Å². The number of para-hydroxylation sites is 1. The number of carbonyl (C=O) groups excluding carboxylic acids is 1. The van der Waals surface area contributed by atoms with E-state index in [0.29, 0.717) is 54.2 Å². The van der Waals surface area contributed by atoms with Crippen LogP contribution in [0.4, 0.5) is 0 Å². The van der Waals surface area contributed by atoms with Crippen LogP contribution in [0.25, 0.3) is 10.9 Å². The van der Waals surface area contributed by atoms with E-state index < -0.39 is 23.1 Å². The number of allylic oxidation sites excluding steroid dienone is 3. The van der Waals surface area contributed by atoms with Crippen molar-refractivity contribution in [3.63, 3.8) is 0 Å². The highest BCUT2D eigenvalue weighted by Crippen LogP contribution is 2.64. The number of fused-ring (bicyclic) bond motifs is 11. The van der Waals surface area contributed by atoms with Crippen molar-refractivity contribution in [3.05, 3.63) is 201 Å². The van der Waals surface area contributed by atoms with Crippen molar-refractivity contribution in [1.82, 2.24) is 25.0 Å². The van der Waals surface area contributed by atoms with Crippen LogP contribution in [0.15, 0.2) is 177 Å². The van der Waals surface area contributed by atoms with Gasteiger partial charge in [-0.2, -0.15) is 0 Å². The highest BCUT2D eigenvalue weighted by molar-refractivity contribution is 5.99. The smallest absolute Gasteiger partial charge is 0.306 e. The number of phenolic OH excluding ortho intramolecular Hbond substituents is 3. The van der Waals surface area contributed by atoms with Crippen molar-refractivity contribution in [2.45, 2.75) is 204 Å². The van der Waals surface area contributed by atoms with Crippen LogP contribution in [-0.2, 0) is 61.9 Å². The number of H-pyrrole nitrogens is 1. The Morgan fingerprint density at radius 3 is 1.97 bits per heavy atom. The molecule has 105 heavy (non-hydrogen) atoms. The summed E-state index contributed by atoms with van der Waals surface area (Å²) in [6.45, 7) is 29.3. The maximum Gasteiger partial charge on any atom is 0.306 e. The van der Waals surface area contributed by atoms with Crippen molar-refractivity contribution in [2.75, 3.05) is 52.9 Å². The number of phenols is 3. The van der Waals surface area contributed by atoms with Gasteiger partial charge in [-0.25, -0.2) is 0 Å². The lowest BCUT2D eigenvalue weighted by Gasteiger charge is -2.63. The molecular formula is C85H110Cl2N10O8. The summed E-state index contributed by atoms with van der Waals surface area (Å²) in [5, 5.41) is 61.2. The summed E-state index contributed by atoms with van der Waals surface area (Å²) in [6, 6.07) is 35.8. The van der Waals surface area contributed by atoms with Gasteiger partial charge in [0.2, 0.25) is 0 Å². The number of nitrogens with one attached hydrogen (secondary N) is 2. The number of nitrogens with zero attached hydrogens (tertiary/aromatic N) is 8. The molecule has 1 spiro atoms. The van der Waals surface area contributed by atoms with Gasteiger partial charge < -0.3 is 45.1 Å². The van der Waals surface area contributed by atoms with E-state index in [1.807, 2.05) is 55.5 Å². The van der Waals surface area contributed by atoms with Gasteiger partial charge in [-0.05, 0) is 245 Å². The van der Waals surface area contributed by atoms with E-state index in [1.54, 1.807) is 18.2 Å². The van der Waals surface area contributed by atoms with Crippen LogP contribution in [0.3, 0.4) is 0 Å². The zero-order valence-corrected chi connectivity index (χ0v) is 64.8. The van der Waals surface area contributed by atoms with E-state index >= 15 is 0 Å². The number of carboxylic acids is 1. The zero-order chi connectivity index (χ0) is 73.0. The second kappa shape index (κ2) is 33.5. The minimum Gasteiger partial charge on any atom is -0.508 e. The van der Waals surface area contributed by atoms with Crippen molar-refractivity contribution < 1.29 is 39.5 Å². The molecule has 4 aliphatic carbocycles. The molecule has 0 saturated carbocycles. The SMILES string of the molecule is C1=CN=NN=NN=C1.CC(C)=CCN1CC[C@@]2(C)c3cc(O)ccc3C[C@@H]1[C@@H]2C.CC(C)=CCN1CC[C@@]2(C)c3cc(O)ccc3C[C@@H]1[C@@H]2C.CCCCCN[C@@]12C=CC(=O)[C@@H]3Oc4c(O)ccc5c4[C@@]31CCN(C)[C@@H]2C5.CC[C@@]1(CC(=O)O)OC[C@H](Cc2ccccc2)c2c1[nH]c1ccccc21.Cl.Cl. The largest absolute Gasteiger partial charge is 0.508 e. The van der Waals surface area contributed by atoms with E-state index in [-0.39, 0.29) is 71.1 Å². The molecule has 0 unspecified atom stereocenters. The number of carbonyl (C=O) groups is 2. The molecule has 5 aromatic carbocycles. The van der Waals surface area contributed by atoms with Crippen molar-refractivity contribution >= 4 is 53.7 Å². The molecule has 10 aliphatic rings. The van der Waals surface area contributed by atoms with Crippen LogP contribution in [0.1, 0.15) is 177 Å². The van der Waals surface area contributed by atoms with Gasteiger partial charge in [-0.3, -0.25) is 19.4 Å². The number of carboxylic acid groups (broad SMARTS) is 1. The molecule has 16 rings (SSSR count). The molecule has 0 radical (unpaired) electrons. The van der Waals surface area contributed by atoms with Crippen molar-refractivity contribution in [3.8, 4) is 23.0 Å². The Bertz CT molecular complexity index is 4140. The first-order valence-corrected chi connectivity index (χ1v) is 37.6. The summed E-state index contributed by atoms with van der Waals surface area (Å²) >= 11 is 0. The van der Waals surface area contributed by atoms with E-state index in [1.165, 1.54) is 93.6 Å². The van der Waals surface area contributed by atoms with Crippen LogP contribution in [0.2, 0.25) is 0 Å². The number of ether oxygens (including phenoxy) is 2. The van der Waals surface area contributed by atoms with Crippen LogP contribution in [0.5, 0.6) is 23.0 Å². The number of piperidine rings is 3. The third kappa shape index (κ3) is 15.6.